The summed E-state index contributed by atoms with van der Waals surface area (Å²) in [6.45, 7) is 6.05. The molecule has 0 spiro atoms. The van der Waals surface area contributed by atoms with E-state index >= 15 is 0 Å². The maximum absolute atomic E-state index is 13.4. The molecule has 0 saturated carbocycles. The van der Waals surface area contributed by atoms with Crippen molar-refractivity contribution in [2.75, 3.05) is 6.61 Å². The molecule has 0 radical (unpaired) electrons. The summed E-state index contributed by atoms with van der Waals surface area (Å²) < 4.78 is 25.6. The van der Waals surface area contributed by atoms with Crippen LogP contribution in [0.15, 0.2) is 45.8 Å². The monoisotopic (exact) mass is 493 g/mol. The van der Waals surface area contributed by atoms with Crippen molar-refractivity contribution in [1.29, 1.82) is 0 Å². The summed E-state index contributed by atoms with van der Waals surface area (Å²) >= 11 is 4.41. The number of benzene rings is 2. The number of thioether (sulfide) groups is 1. The Morgan fingerprint density at radius 2 is 1.90 bits per heavy atom. The van der Waals surface area contributed by atoms with E-state index in [0.29, 0.717) is 38.6 Å². The summed E-state index contributed by atoms with van der Waals surface area (Å²) in [5.41, 5.74) is 1.38. The molecule has 1 aliphatic heterocycles. The molecule has 0 aliphatic carbocycles. The summed E-state index contributed by atoms with van der Waals surface area (Å²) in [5, 5.41) is -0.280. The smallest absolute Gasteiger partial charge is 0.293 e. The number of nitrogens with zero attached hydrogens (tertiary/aromatic N) is 1. The fourth-order valence-electron chi connectivity index (χ4n) is 2.90. The third-order valence-corrected chi connectivity index (χ3v) is 5.84. The SMILES string of the molecule is CCOc1cc(/C=C2/SC(=O)N(C(C)C)C2=O)c(Br)cc1OCc1cccc(F)c1. The second-order valence-electron chi connectivity index (χ2n) is 6.82. The third kappa shape index (κ3) is 5.05. The van der Waals surface area contributed by atoms with Gasteiger partial charge in [-0.05, 0) is 74.0 Å². The standard InChI is InChI=1S/C22H21BrFNO4S/c1-4-28-18-9-15(10-20-21(26)25(13(2)3)22(27)30-20)17(23)11-19(18)29-12-14-6-5-7-16(24)8-14/h5-11,13H,4,12H2,1-3H3/b20-10+. The van der Waals surface area contributed by atoms with Gasteiger partial charge in [-0.15, -0.1) is 0 Å². The van der Waals surface area contributed by atoms with E-state index in [4.69, 9.17) is 9.47 Å². The Morgan fingerprint density at radius 1 is 1.17 bits per heavy atom. The molecular weight excluding hydrogens is 473 g/mol. The first-order valence-electron chi connectivity index (χ1n) is 9.40. The van der Waals surface area contributed by atoms with Crippen LogP contribution in [0.3, 0.4) is 0 Å². The van der Waals surface area contributed by atoms with Crippen molar-refractivity contribution in [1.82, 2.24) is 4.90 Å². The van der Waals surface area contributed by atoms with Crippen LogP contribution in [0.25, 0.3) is 6.08 Å². The van der Waals surface area contributed by atoms with Crippen LogP contribution in [0.1, 0.15) is 31.9 Å². The minimum atomic E-state index is -0.326. The first-order chi connectivity index (χ1) is 14.3. The van der Waals surface area contributed by atoms with E-state index in [1.807, 2.05) is 6.92 Å². The summed E-state index contributed by atoms with van der Waals surface area (Å²) in [6.07, 6.45) is 1.66. The van der Waals surface area contributed by atoms with Gasteiger partial charge in [-0.3, -0.25) is 14.5 Å². The zero-order chi connectivity index (χ0) is 21.8. The molecule has 1 aliphatic rings. The van der Waals surface area contributed by atoms with Gasteiger partial charge in [-0.2, -0.15) is 0 Å². The van der Waals surface area contributed by atoms with Crippen molar-refractivity contribution in [3.63, 3.8) is 0 Å². The first kappa shape index (κ1) is 22.4. The molecule has 1 heterocycles. The van der Waals surface area contributed by atoms with E-state index in [9.17, 15) is 14.0 Å². The molecule has 0 bridgehead atoms. The molecule has 2 aromatic rings. The van der Waals surface area contributed by atoms with E-state index < -0.39 is 0 Å². The zero-order valence-electron chi connectivity index (χ0n) is 16.8. The van der Waals surface area contributed by atoms with E-state index in [-0.39, 0.29) is 29.6 Å². The lowest BCUT2D eigenvalue weighted by Gasteiger charge is -2.16. The Bertz CT molecular complexity index is 1010. The molecule has 3 rings (SSSR count). The highest BCUT2D eigenvalue weighted by Crippen LogP contribution is 2.39. The number of hydrogen-bond acceptors (Lipinski definition) is 5. The number of ether oxygens (including phenoxy) is 2. The van der Waals surface area contributed by atoms with Crippen LogP contribution < -0.4 is 9.47 Å². The molecule has 1 saturated heterocycles. The number of hydrogen-bond donors (Lipinski definition) is 0. The molecule has 0 N–H and O–H groups in total. The highest BCUT2D eigenvalue weighted by Gasteiger charge is 2.36. The normalized spacial score (nSPS) is 15.4. The predicted molar refractivity (Wildman–Crippen MR) is 119 cm³/mol. The molecule has 1 fully saturated rings. The largest absolute Gasteiger partial charge is 0.490 e. The van der Waals surface area contributed by atoms with E-state index in [0.717, 1.165) is 11.8 Å². The van der Waals surface area contributed by atoms with Crippen molar-refractivity contribution in [2.24, 2.45) is 0 Å². The highest BCUT2D eigenvalue weighted by molar-refractivity contribution is 9.10. The van der Waals surface area contributed by atoms with Crippen LogP contribution in [0, 0.1) is 5.82 Å². The van der Waals surface area contributed by atoms with Crippen LogP contribution in [0.4, 0.5) is 9.18 Å². The summed E-state index contributed by atoms with van der Waals surface area (Å²) in [7, 11) is 0. The Hall–Kier alpha value is -2.32. The van der Waals surface area contributed by atoms with Crippen molar-refractivity contribution < 1.29 is 23.5 Å². The first-order valence-corrected chi connectivity index (χ1v) is 11.0. The van der Waals surface area contributed by atoms with Gasteiger partial charge < -0.3 is 9.47 Å². The molecule has 158 valence electrons. The average Bonchev–Trinajstić information content (AvgIpc) is 2.96. The Labute approximate surface area is 187 Å². The van der Waals surface area contributed by atoms with Gasteiger partial charge in [0.25, 0.3) is 11.1 Å². The van der Waals surface area contributed by atoms with Crippen LogP contribution >= 0.6 is 27.7 Å². The lowest BCUT2D eigenvalue weighted by Crippen LogP contribution is -2.34. The third-order valence-electron chi connectivity index (χ3n) is 4.27. The lowest BCUT2D eigenvalue weighted by molar-refractivity contribution is -0.123. The summed E-state index contributed by atoms with van der Waals surface area (Å²) in [5.74, 6) is 0.344. The zero-order valence-corrected chi connectivity index (χ0v) is 19.2. The lowest BCUT2D eigenvalue weighted by atomic mass is 10.1. The molecule has 0 aromatic heterocycles. The molecular formula is C22H21BrFNO4S. The minimum absolute atomic E-state index is 0.177. The number of rotatable bonds is 7. The Morgan fingerprint density at radius 3 is 2.53 bits per heavy atom. The van der Waals surface area contributed by atoms with Crippen LogP contribution in [-0.4, -0.2) is 28.7 Å². The maximum Gasteiger partial charge on any atom is 0.293 e. The second-order valence-corrected chi connectivity index (χ2v) is 8.67. The fourth-order valence-corrected chi connectivity index (χ4v) is 4.29. The predicted octanol–water partition coefficient (Wildman–Crippen LogP) is 6.01. The van der Waals surface area contributed by atoms with Crippen LogP contribution in [0.2, 0.25) is 0 Å². The number of imide groups is 1. The van der Waals surface area contributed by atoms with Gasteiger partial charge in [0.2, 0.25) is 0 Å². The summed E-state index contributed by atoms with van der Waals surface area (Å²) in [4.78, 5) is 26.3. The van der Waals surface area contributed by atoms with Gasteiger partial charge in [-0.1, -0.05) is 28.1 Å². The molecule has 8 heteroatoms. The van der Waals surface area contributed by atoms with Crippen molar-refractivity contribution >= 4 is 44.9 Å². The molecule has 2 aromatic carbocycles. The van der Waals surface area contributed by atoms with Gasteiger partial charge in [0.15, 0.2) is 11.5 Å². The van der Waals surface area contributed by atoms with Gasteiger partial charge in [0.1, 0.15) is 12.4 Å². The number of halogens is 2. The Balaban J connectivity index is 1.88. The molecule has 5 nitrogen and oxygen atoms in total. The molecule has 0 atom stereocenters. The minimum Gasteiger partial charge on any atom is -0.490 e. The van der Waals surface area contributed by atoms with Gasteiger partial charge in [0, 0.05) is 10.5 Å². The fraction of sp³-hybridized carbons (Fsp3) is 0.273. The number of carbonyl (C=O) groups excluding carboxylic acids is 2. The van der Waals surface area contributed by atoms with E-state index in [2.05, 4.69) is 15.9 Å². The summed E-state index contributed by atoms with van der Waals surface area (Å²) in [6, 6.07) is 9.47. The number of amides is 2. The van der Waals surface area contributed by atoms with Crippen LogP contribution in [0.5, 0.6) is 11.5 Å². The van der Waals surface area contributed by atoms with Crippen molar-refractivity contribution in [3.05, 3.63) is 62.7 Å². The van der Waals surface area contributed by atoms with Gasteiger partial charge in [-0.25, -0.2) is 4.39 Å². The topological polar surface area (TPSA) is 55.8 Å². The second kappa shape index (κ2) is 9.66. The Kier molecular flexibility index (Phi) is 7.20. The van der Waals surface area contributed by atoms with E-state index in [1.54, 1.807) is 44.2 Å². The highest BCUT2D eigenvalue weighted by atomic mass is 79.9. The maximum atomic E-state index is 13.4. The molecule has 30 heavy (non-hydrogen) atoms. The van der Waals surface area contributed by atoms with Crippen LogP contribution in [-0.2, 0) is 11.4 Å². The quantitative estimate of drug-likeness (QED) is 0.442. The molecule has 0 unspecified atom stereocenters. The molecule has 2 amide bonds. The average molecular weight is 494 g/mol. The van der Waals surface area contributed by atoms with Crippen molar-refractivity contribution in [2.45, 2.75) is 33.4 Å². The van der Waals surface area contributed by atoms with Gasteiger partial charge in [0.05, 0.1) is 11.5 Å². The van der Waals surface area contributed by atoms with Crippen molar-refractivity contribution in [3.8, 4) is 11.5 Å². The van der Waals surface area contributed by atoms with Gasteiger partial charge >= 0.3 is 0 Å². The number of carbonyl (C=O) groups is 2. The van der Waals surface area contributed by atoms with E-state index in [1.165, 1.54) is 17.0 Å².